The van der Waals surface area contributed by atoms with Crippen molar-refractivity contribution in [2.45, 2.75) is 18.6 Å². The van der Waals surface area contributed by atoms with Gasteiger partial charge in [-0.3, -0.25) is 0 Å². The number of benzene rings is 1. The zero-order valence-electron chi connectivity index (χ0n) is 11.4. The second kappa shape index (κ2) is 5.45. The number of aromatic nitrogens is 2. The minimum Gasteiger partial charge on any atom is -0.382 e. The number of alkyl halides is 3. The second-order valence-electron chi connectivity index (χ2n) is 4.85. The Kier molecular flexibility index (Phi) is 4.02. The maximum atomic E-state index is 12.5. The SMILES string of the molecule is COCC(C)(N)c1noc(-c2ccc(C(F)(F)F)cc2)n1. The van der Waals surface area contributed by atoms with Gasteiger partial charge in [-0.05, 0) is 31.2 Å². The van der Waals surface area contributed by atoms with Crippen LogP contribution in [0, 0.1) is 0 Å². The summed E-state index contributed by atoms with van der Waals surface area (Å²) in [7, 11) is 1.49. The van der Waals surface area contributed by atoms with Crippen molar-refractivity contribution in [3.05, 3.63) is 35.7 Å². The van der Waals surface area contributed by atoms with Crippen LogP contribution < -0.4 is 5.73 Å². The third-order valence-electron chi connectivity index (χ3n) is 2.84. The molecule has 2 rings (SSSR count). The zero-order chi connectivity index (χ0) is 15.7. The number of hydrogen-bond donors (Lipinski definition) is 1. The lowest BCUT2D eigenvalue weighted by atomic mass is 10.1. The molecule has 0 bridgehead atoms. The maximum absolute atomic E-state index is 12.5. The lowest BCUT2D eigenvalue weighted by molar-refractivity contribution is -0.137. The minimum absolute atomic E-state index is 0.103. The molecule has 1 unspecified atom stereocenters. The van der Waals surface area contributed by atoms with Crippen LogP contribution in [0.2, 0.25) is 0 Å². The van der Waals surface area contributed by atoms with Crippen molar-refractivity contribution in [3.8, 4) is 11.5 Å². The van der Waals surface area contributed by atoms with E-state index in [0.29, 0.717) is 5.56 Å². The van der Waals surface area contributed by atoms with Crippen molar-refractivity contribution >= 4 is 0 Å². The summed E-state index contributed by atoms with van der Waals surface area (Å²) >= 11 is 0. The molecule has 5 nitrogen and oxygen atoms in total. The summed E-state index contributed by atoms with van der Waals surface area (Å²) in [6.07, 6.45) is -4.38. The molecule has 0 spiro atoms. The average molecular weight is 301 g/mol. The molecule has 114 valence electrons. The van der Waals surface area contributed by atoms with Crippen molar-refractivity contribution in [1.29, 1.82) is 0 Å². The summed E-state index contributed by atoms with van der Waals surface area (Å²) in [6.45, 7) is 1.84. The fraction of sp³-hybridized carbons (Fsp3) is 0.385. The fourth-order valence-corrected chi connectivity index (χ4v) is 1.74. The third-order valence-corrected chi connectivity index (χ3v) is 2.84. The highest BCUT2D eigenvalue weighted by Crippen LogP contribution is 2.30. The Labute approximate surface area is 118 Å². The predicted octanol–water partition coefficient (Wildman–Crippen LogP) is 2.58. The molecule has 1 heterocycles. The first-order chi connectivity index (χ1) is 9.74. The Balaban J connectivity index is 2.26. The summed E-state index contributed by atoms with van der Waals surface area (Å²) in [5, 5.41) is 3.74. The van der Waals surface area contributed by atoms with E-state index in [9.17, 15) is 13.2 Å². The van der Waals surface area contributed by atoms with Gasteiger partial charge in [-0.1, -0.05) is 5.16 Å². The molecule has 1 aromatic carbocycles. The normalized spacial score (nSPS) is 15.0. The molecule has 2 aromatic rings. The van der Waals surface area contributed by atoms with E-state index in [1.54, 1.807) is 6.92 Å². The molecule has 0 saturated heterocycles. The largest absolute Gasteiger partial charge is 0.416 e. The van der Waals surface area contributed by atoms with Crippen molar-refractivity contribution in [2.24, 2.45) is 5.73 Å². The van der Waals surface area contributed by atoms with Gasteiger partial charge >= 0.3 is 6.18 Å². The Morgan fingerprint density at radius 2 is 1.86 bits per heavy atom. The standard InChI is InChI=1S/C13H14F3N3O2/c1-12(17,7-20-2)11-18-10(21-19-11)8-3-5-9(6-4-8)13(14,15)16/h3-6H,7,17H2,1-2H3. The molecule has 0 aliphatic rings. The lowest BCUT2D eigenvalue weighted by Crippen LogP contribution is -2.38. The van der Waals surface area contributed by atoms with E-state index in [2.05, 4.69) is 10.1 Å². The fourth-order valence-electron chi connectivity index (χ4n) is 1.74. The smallest absolute Gasteiger partial charge is 0.382 e. The molecule has 1 aromatic heterocycles. The average Bonchev–Trinajstić information content (AvgIpc) is 2.88. The summed E-state index contributed by atoms with van der Waals surface area (Å²) < 4.78 is 47.4. The maximum Gasteiger partial charge on any atom is 0.416 e. The Bertz CT molecular complexity index is 606. The molecule has 0 radical (unpaired) electrons. The van der Waals surface area contributed by atoms with Gasteiger partial charge in [0.25, 0.3) is 5.89 Å². The Morgan fingerprint density at radius 1 is 1.24 bits per heavy atom. The molecule has 1 atom stereocenters. The number of rotatable bonds is 4. The third kappa shape index (κ3) is 3.40. The van der Waals surface area contributed by atoms with Crippen molar-refractivity contribution < 1.29 is 22.4 Å². The van der Waals surface area contributed by atoms with E-state index in [1.165, 1.54) is 19.2 Å². The van der Waals surface area contributed by atoms with Gasteiger partial charge < -0.3 is 15.0 Å². The molecule has 21 heavy (non-hydrogen) atoms. The quantitative estimate of drug-likeness (QED) is 0.939. The van der Waals surface area contributed by atoms with E-state index in [-0.39, 0.29) is 18.3 Å². The van der Waals surface area contributed by atoms with Gasteiger partial charge in [0.15, 0.2) is 5.82 Å². The molecular weight excluding hydrogens is 287 g/mol. The van der Waals surface area contributed by atoms with E-state index in [0.717, 1.165) is 12.1 Å². The van der Waals surface area contributed by atoms with E-state index < -0.39 is 17.3 Å². The summed E-state index contributed by atoms with van der Waals surface area (Å²) in [5.41, 5.74) is 4.66. The second-order valence-corrected chi connectivity index (χ2v) is 4.85. The van der Waals surface area contributed by atoms with Crippen LogP contribution >= 0.6 is 0 Å². The van der Waals surface area contributed by atoms with E-state index in [1.807, 2.05) is 0 Å². The van der Waals surface area contributed by atoms with Crippen LogP contribution in [0.4, 0.5) is 13.2 Å². The van der Waals surface area contributed by atoms with Gasteiger partial charge in [-0.2, -0.15) is 18.2 Å². The molecule has 0 aliphatic carbocycles. The van der Waals surface area contributed by atoms with Crippen molar-refractivity contribution in [2.75, 3.05) is 13.7 Å². The minimum atomic E-state index is -4.38. The van der Waals surface area contributed by atoms with Crippen molar-refractivity contribution in [1.82, 2.24) is 10.1 Å². The number of ether oxygens (including phenoxy) is 1. The highest BCUT2D eigenvalue weighted by molar-refractivity contribution is 5.53. The van der Waals surface area contributed by atoms with Gasteiger partial charge in [-0.15, -0.1) is 0 Å². The van der Waals surface area contributed by atoms with Crippen LogP contribution in [0.5, 0.6) is 0 Å². The van der Waals surface area contributed by atoms with Crippen LogP contribution in [0.25, 0.3) is 11.5 Å². The summed E-state index contributed by atoms with van der Waals surface area (Å²) in [6, 6.07) is 4.45. The van der Waals surface area contributed by atoms with Crippen LogP contribution in [0.1, 0.15) is 18.3 Å². The molecule has 0 fully saturated rings. The highest BCUT2D eigenvalue weighted by atomic mass is 19.4. The molecule has 0 amide bonds. The van der Waals surface area contributed by atoms with Gasteiger partial charge in [0.1, 0.15) is 5.54 Å². The lowest BCUT2D eigenvalue weighted by Gasteiger charge is -2.18. The van der Waals surface area contributed by atoms with Crippen LogP contribution in [-0.4, -0.2) is 23.9 Å². The summed E-state index contributed by atoms with van der Waals surface area (Å²) in [4.78, 5) is 4.10. The number of hydrogen-bond acceptors (Lipinski definition) is 5. The first kappa shape index (κ1) is 15.5. The molecule has 0 aliphatic heterocycles. The topological polar surface area (TPSA) is 74.2 Å². The number of methoxy groups -OCH3 is 1. The highest BCUT2D eigenvalue weighted by Gasteiger charge is 2.31. The van der Waals surface area contributed by atoms with Crippen molar-refractivity contribution in [3.63, 3.8) is 0 Å². The number of halogens is 3. The molecule has 2 N–H and O–H groups in total. The molecular formula is C13H14F3N3O2. The number of nitrogens with two attached hydrogens (primary N) is 1. The van der Waals surface area contributed by atoms with Crippen LogP contribution in [-0.2, 0) is 16.5 Å². The van der Waals surface area contributed by atoms with Gasteiger partial charge in [-0.25, -0.2) is 0 Å². The van der Waals surface area contributed by atoms with Crippen LogP contribution in [0.3, 0.4) is 0 Å². The van der Waals surface area contributed by atoms with Crippen LogP contribution in [0.15, 0.2) is 28.8 Å². The Hall–Kier alpha value is -1.93. The van der Waals surface area contributed by atoms with E-state index >= 15 is 0 Å². The van der Waals surface area contributed by atoms with Gasteiger partial charge in [0.2, 0.25) is 0 Å². The first-order valence-electron chi connectivity index (χ1n) is 6.03. The monoisotopic (exact) mass is 301 g/mol. The molecule has 8 heteroatoms. The Morgan fingerprint density at radius 3 is 2.38 bits per heavy atom. The summed E-state index contributed by atoms with van der Waals surface area (Å²) in [5.74, 6) is 0.325. The number of nitrogens with zero attached hydrogens (tertiary/aromatic N) is 2. The van der Waals surface area contributed by atoms with E-state index in [4.69, 9.17) is 15.0 Å². The van der Waals surface area contributed by atoms with Gasteiger partial charge in [0, 0.05) is 12.7 Å². The zero-order valence-corrected chi connectivity index (χ0v) is 11.4. The first-order valence-corrected chi connectivity index (χ1v) is 6.03. The molecule has 0 saturated carbocycles. The van der Waals surface area contributed by atoms with Gasteiger partial charge in [0.05, 0.1) is 12.2 Å². The predicted molar refractivity (Wildman–Crippen MR) is 68.2 cm³/mol.